The highest BCUT2D eigenvalue weighted by Crippen LogP contribution is 2.30. The van der Waals surface area contributed by atoms with Gasteiger partial charge in [-0.15, -0.1) is 0 Å². The second-order valence-corrected chi connectivity index (χ2v) is 6.29. The predicted octanol–water partition coefficient (Wildman–Crippen LogP) is 2.30. The van der Waals surface area contributed by atoms with Crippen LogP contribution in [0.3, 0.4) is 0 Å². The lowest BCUT2D eigenvalue weighted by Gasteiger charge is -2.38. The fraction of sp³-hybridized carbons (Fsp3) is 0.500. The molecule has 0 aliphatic carbocycles. The average molecular weight is 272 g/mol. The minimum Gasteiger partial charge on any atom is -0.428 e. The number of halogens is 2. The number of benzene rings is 1. The van der Waals surface area contributed by atoms with Crippen LogP contribution in [-0.4, -0.2) is 17.8 Å². The minimum absolute atomic E-state index is 0.116. The summed E-state index contributed by atoms with van der Waals surface area (Å²) >= 11 is 4.40. The Labute approximate surface area is 113 Å². The van der Waals surface area contributed by atoms with E-state index in [1.807, 2.05) is 13.8 Å². The maximum absolute atomic E-state index is 13.6. The molecular formula is C12H17BF2NOS. The van der Waals surface area contributed by atoms with Gasteiger partial charge in [-0.2, -0.15) is 12.6 Å². The summed E-state index contributed by atoms with van der Waals surface area (Å²) in [5.41, 5.74) is 4.29. The molecule has 1 radical (unpaired) electrons. The normalized spacial score (nSPS) is 12.6. The van der Waals surface area contributed by atoms with Gasteiger partial charge in [0.2, 0.25) is 0 Å². The number of nitrogen functional groups attached to an aromatic ring is 1. The van der Waals surface area contributed by atoms with Gasteiger partial charge in [0.15, 0.2) is 0 Å². The molecule has 0 atom stereocenters. The largest absolute Gasteiger partial charge is 0.428 e. The van der Waals surface area contributed by atoms with Crippen molar-refractivity contribution >= 4 is 31.3 Å². The van der Waals surface area contributed by atoms with Gasteiger partial charge < -0.3 is 10.4 Å². The Morgan fingerprint density at radius 3 is 2.28 bits per heavy atom. The van der Waals surface area contributed by atoms with E-state index in [4.69, 9.17) is 10.4 Å². The fourth-order valence-electron chi connectivity index (χ4n) is 1.04. The fourth-order valence-corrected chi connectivity index (χ4v) is 1.10. The van der Waals surface area contributed by atoms with Gasteiger partial charge in [-0.3, -0.25) is 0 Å². The van der Waals surface area contributed by atoms with Gasteiger partial charge >= 0.3 is 7.48 Å². The summed E-state index contributed by atoms with van der Waals surface area (Å²) in [6.45, 7) is 7.29. The van der Waals surface area contributed by atoms with Crippen LogP contribution in [0.15, 0.2) is 12.1 Å². The first kappa shape index (κ1) is 15.3. The summed E-state index contributed by atoms with van der Waals surface area (Å²) in [6, 6.07) is 2.28. The van der Waals surface area contributed by atoms with Crippen LogP contribution in [0.2, 0.25) is 0 Å². The molecule has 0 saturated carbocycles. The first-order valence-corrected chi connectivity index (χ1v) is 5.98. The van der Waals surface area contributed by atoms with E-state index >= 15 is 0 Å². The van der Waals surface area contributed by atoms with Crippen LogP contribution in [0.25, 0.3) is 0 Å². The van der Waals surface area contributed by atoms with Crippen LogP contribution in [0.5, 0.6) is 0 Å². The molecule has 0 unspecified atom stereocenters. The Morgan fingerprint density at radius 1 is 1.22 bits per heavy atom. The number of anilines is 1. The zero-order valence-electron chi connectivity index (χ0n) is 10.9. The molecule has 0 amide bonds. The second-order valence-electron chi connectivity index (χ2n) is 5.17. The lowest BCUT2D eigenvalue weighted by Crippen LogP contribution is -2.46. The van der Waals surface area contributed by atoms with E-state index < -0.39 is 22.0 Å². The highest BCUT2D eigenvalue weighted by atomic mass is 32.1. The number of hydrogen-bond acceptors (Lipinski definition) is 3. The molecule has 2 N–H and O–H groups in total. The van der Waals surface area contributed by atoms with E-state index in [2.05, 4.69) is 12.6 Å². The summed E-state index contributed by atoms with van der Waals surface area (Å²) in [5, 5.41) is 0. The molecule has 0 heterocycles. The van der Waals surface area contributed by atoms with Crippen molar-refractivity contribution < 1.29 is 13.4 Å². The highest BCUT2D eigenvalue weighted by molar-refractivity contribution is 7.81. The van der Waals surface area contributed by atoms with E-state index in [1.165, 1.54) is 6.07 Å². The standard InChI is InChI=1S/C12H17BF2NOS/c1-11(2,12(3,4)18)17-13-9-7(14)5-6-8(16)10(9)15/h5-6,18H,16H2,1-4H3. The van der Waals surface area contributed by atoms with E-state index in [0.717, 1.165) is 13.5 Å². The van der Waals surface area contributed by atoms with Gasteiger partial charge in [0.1, 0.15) is 11.6 Å². The first-order valence-electron chi connectivity index (χ1n) is 5.53. The summed E-state index contributed by atoms with van der Waals surface area (Å²) in [6.07, 6.45) is 0. The topological polar surface area (TPSA) is 35.2 Å². The van der Waals surface area contributed by atoms with Gasteiger partial charge in [-0.25, -0.2) is 8.78 Å². The SMILES string of the molecule is CC(C)(S)C(C)(C)O[B]c1c(F)ccc(N)c1F. The molecule has 2 nitrogen and oxygen atoms in total. The van der Waals surface area contributed by atoms with E-state index in [9.17, 15) is 8.78 Å². The molecule has 99 valence electrons. The van der Waals surface area contributed by atoms with Gasteiger partial charge in [-0.05, 0) is 39.8 Å². The third kappa shape index (κ3) is 3.17. The quantitative estimate of drug-likeness (QED) is 0.501. The molecule has 18 heavy (non-hydrogen) atoms. The monoisotopic (exact) mass is 272 g/mol. The van der Waals surface area contributed by atoms with Crippen molar-refractivity contribution in [3.8, 4) is 0 Å². The van der Waals surface area contributed by atoms with Gasteiger partial charge in [-0.1, -0.05) is 0 Å². The third-order valence-electron chi connectivity index (χ3n) is 3.10. The van der Waals surface area contributed by atoms with Crippen LogP contribution >= 0.6 is 12.6 Å². The highest BCUT2D eigenvalue weighted by Gasteiger charge is 2.35. The number of rotatable bonds is 4. The number of thiol groups is 1. The van der Waals surface area contributed by atoms with Crippen molar-refractivity contribution in [2.75, 3.05) is 5.73 Å². The smallest absolute Gasteiger partial charge is 0.337 e. The molecule has 0 bridgehead atoms. The molecule has 6 heteroatoms. The molecule has 1 aromatic carbocycles. The van der Waals surface area contributed by atoms with E-state index in [-0.39, 0.29) is 11.2 Å². The maximum atomic E-state index is 13.6. The average Bonchev–Trinajstić information content (AvgIpc) is 2.22. The molecule has 0 aliphatic heterocycles. The van der Waals surface area contributed by atoms with Crippen LogP contribution in [-0.2, 0) is 4.65 Å². The van der Waals surface area contributed by atoms with E-state index in [0.29, 0.717) is 0 Å². The van der Waals surface area contributed by atoms with E-state index in [1.54, 1.807) is 13.8 Å². The van der Waals surface area contributed by atoms with Crippen LogP contribution in [0.4, 0.5) is 14.5 Å². The summed E-state index contributed by atoms with van der Waals surface area (Å²) in [5.74, 6) is -1.53. The van der Waals surface area contributed by atoms with Gasteiger partial charge in [0.05, 0.1) is 11.3 Å². The third-order valence-corrected chi connectivity index (χ3v) is 3.64. The Kier molecular flexibility index (Phi) is 4.33. The minimum atomic E-state index is -0.817. The lowest BCUT2D eigenvalue weighted by molar-refractivity contribution is 0.0852. The van der Waals surface area contributed by atoms with Crippen molar-refractivity contribution in [2.24, 2.45) is 0 Å². The molecule has 0 spiro atoms. The Balaban J connectivity index is 2.91. The van der Waals surface area contributed by atoms with Crippen LogP contribution < -0.4 is 11.2 Å². The maximum Gasteiger partial charge on any atom is 0.337 e. The first-order chi connectivity index (χ1) is 8.06. The van der Waals surface area contributed by atoms with Crippen molar-refractivity contribution in [1.82, 2.24) is 0 Å². The Bertz CT molecular complexity index is 446. The van der Waals surface area contributed by atoms with Crippen LogP contribution in [0, 0.1) is 11.6 Å². The summed E-state index contributed by atoms with van der Waals surface area (Å²) < 4.78 is 32.1. The van der Waals surface area contributed by atoms with Crippen molar-refractivity contribution in [3.05, 3.63) is 23.8 Å². The van der Waals surface area contributed by atoms with Crippen LogP contribution in [0.1, 0.15) is 27.7 Å². The zero-order valence-corrected chi connectivity index (χ0v) is 11.8. The molecule has 0 saturated heterocycles. The van der Waals surface area contributed by atoms with Crippen molar-refractivity contribution in [3.63, 3.8) is 0 Å². The number of hydrogen-bond donors (Lipinski definition) is 2. The summed E-state index contributed by atoms with van der Waals surface area (Å²) in [4.78, 5) is 0. The molecule has 1 rings (SSSR count). The van der Waals surface area contributed by atoms with Gasteiger partial charge in [0, 0.05) is 10.2 Å². The Hall–Kier alpha value is -0.745. The Morgan fingerprint density at radius 2 is 1.78 bits per heavy atom. The summed E-state index contributed by atoms with van der Waals surface area (Å²) in [7, 11) is 1.05. The molecule has 0 fully saturated rings. The molecular weight excluding hydrogens is 255 g/mol. The van der Waals surface area contributed by atoms with Crippen molar-refractivity contribution in [1.29, 1.82) is 0 Å². The predicted molar refractivity (Wildman–Crippen MR) is 74.4 cm³/mol. The zero-order chi connectivity index (χ0) is 14.1. The molecule has 0 aliphatic rings. The molecule has 0 aromatic heterocycles. The molecule has 1 aromatic rings. The number of nitrogens with two attached hydrogens (primary N) is 1. The van der Waals surface area contributed by atoms with Crippen molar-refractivity contribution in [2.45, 2.75) is 38.0 Å². The van der Waals surface area contributed by atoms with Gasteiger partial charge in [0.25, 0.3) is 0 Å². The lowest BCUT2D eigenvalue weighted by atomic mass is 9.83. The second kappa shape index (κ2) is 5.09.